The molecule has 0 atom stereocenters. The lowest BCUT2D eigenvalue weighted by molar-refractivity contribution is 0.0989. The van der Waals surface area contributed by atoms with Crippen molar-refractivity contribution in [1.29, 1.82) is 0 Å². The quantitative estimate of drug-likeness (QED) is 0.783. The second-order valence-corrected chi connectivity index (χ2v) is 6.34. The number of fused-ring (bicyclic) bond motifs is 3. The standard InChI is InChI=1S/C19H18FN5O/c1-2-9-25-17(18(21)26)14-8-5-12-10-22-19(23-15(12)16(14)24-25)11-3-6-13(20)7-4-11/h3-4,6-7,10H,2,5,8-9H2,1H3,(H2,21,26). The average Bonchev–Trinajstić information content (AvgIpc) is 3.01. The fourth-order valence-corrected chi connectivity index (χ4v) is 3.37. The van der Waals surface area contributed by atoms with Crippen LogP contribution in [0, 0.1) is 5.82 Å². The summed E-state index contributed by atoms with van der Waals surface area (Å²) in [4.78, 5) is 21.0. The zero-order valence-corrected chi connectivity index (χ0v) is 14.4. The van der Waals surface area contributed by atoms with Gasteiger partial charge in [-0.3, -0.25) is 9.48 Å². The molecule has 0 aliphatic heterocycles. The number of nitrogens with zero attached hydrogens (tertiary/aromatic N) is 4. The highest BCUT2D eigenvalue weighted by Crippen LogP contribution is 2.34. The van der Waals surface area contributed by atoms with Gasteiger partial charge in [-0.2, -0.15) is 5.10 Å². The lowest BCUT2D eigenvalue weighted by Gasteiger charge is -2.15. The lowest BCUT2D eigenvalue weighted by Crippen LogP contribution is -2.20. The van der Waals surface area contributed by atoms with Gasteiger partial charge in [-0.25, -0.2) is 14.4 Å². The van der Waals surface area contributed by atoms with Crippen LogP contribution in [0.5, 0.6) is 0 Å². The highest BCUT2D eigenvalue weighted by Gasteiger charge is 2.28. The van der Waals surface area contributed by atoms with E-state index in [9.17, 15) is 9.18 Å². The normalized spacial score (nSPS) is 12.5. The Labute approximate surface area is 149 Å². The molecule has 0 saturated heterocycles. The average molecular weight is 351 g/mol. The number of rotatable bonds is 4. The molecule has 0 fully saturated rings. The summed E-state index contributed by atoms with van der Waals surface area (Å²) in [6.07, 6.45) is 4.04. The van der Waals surface area contributed by atoms with Gasteiger partial charge < -0.3 is 5.73 Å². The molecule has 2 N–H and O–H groups in total. The number of aryl methyl sites for hydroxylation is 2. The second kappa shape index (κ2) is 6.33. The predicted octanol–water partition coefficient (Wildman–Crippen LogP) is 2.75. The van der Waals surface area contributed by atoms with Crippen LogP contribution >= 0.6 is 0 Å². The molecule has 2 heterocycles. The molecule has 0 spiro atoms. The van der Waals surface area contributed by atoms with E-state index in [0.29, 0.717) is 30.2 Å². The fraction of sp³-hybridized carbons (Fsp3) is 0.263. The number of aromatic nitrogens is 4. The third-order valence-electron chi connectivity index (χ3n) is 4.55. The summed E-state index contributed by atoms with van der Waals surface area (Å²) in [5.74, 6) is -0.274. The minimum Gasteiger partial charge on any atom is -0.364 e. The zero-order chi connectivity index (χ0) is 18.3. The van der Waals surface area contributed by atoms with Gasteiger partial charge in [0.15, 0.2) is 5.82 Å². The Kier molecular flexibility index (Phi) is 3.99. The largest absolute Gasteiger partial charge is 0.364 e. The Morgan fingerprint density at radius 1 is 1.23 bits per heavy atom. The molecule has 0 bridgehead atoms. The van der Waals surface area contributed by atoms with E-state index in [0.717, 1.165) is 35.2 Å². The van der Waals surface area contributed by atoms with Crippen molar-refractivity contribution in [1.82, 2.24) is 19.7 Å². The van der Waals surface area contributed by atoms with Crippen LogP contribution in [-0.4, -0.2) is 25.7 Å². The molecule has 1 aliphatic carbocycles. The van der Waals surface area contributed by atoms with E-state index in [4.69, 9.17) is 5.73 Å². The van der Waals surface area contributed by atoms with Crippen molar-refractivity contribution in [3.8, 4) is 22.8 Å². The first-order chi connectivity index (χ1) is 12.6. The summed E-state index contributed by atoms with van der Waals surface area (Å²) in [6.45, 7) is 2.64. The van der Waals surface area contributed by atoms with Crippen LogP contribution in [0.2, 0.25) is 0 Å². The topological polar surface area (TPSA) is 86.7 Å². The Morgan fingerprint density at radius 2 is 2.00 bits per heavy atom. The first kappa shape index (κ1) is 16.4. The van der Waals surface area contributed by atoms with E-state index in [1.54, 1.807) is 23.0 Å². The molecule has 0 saturated carbocycles. The van der Waals surface area contributed by atoms with Crippen molar-refractivity contribution in [2.45, 2.75) is 32.7 Å². The minimum atomic E-state index is -0.469. The molecule has 132 valence electrons. The fourth-order valence-electron chi connectivity index (χ4n) is 3.37. The number of primary amides is 1. The van der Waals surface area contributed by atoms with Crippen LogP contribution in [0.15, 0.2) is 30.5 Å². The molecule has 3 aromatic rings. The monoisotopic (exact) mass is 351 g/mol. The molecule has 0 radical (unpaired) electrons. The van der Waals surface area contributed by atoms with Gasteiger partial charge in [-0.05, 0) is 49.1 Å². The summed E-state index contributed by atoms with van der Waals surface area (Å²) in [5.41, 5.74) is 10.0. The minimum absolute atomic E-state index is 0.307. The highest BCUT2D eigenvalue weighted by molar-refractivity contribution is 5.95. The molecule has 1 aromatic carbocycles. The summed E-state index contributed by atoms with van der Waals surface area (Å²) < 4.78 is 14.9. The molecular formula is C19H18FN5O. The predicted molar refractivity (Wildman–Crippen MR) is 94.9 cm³/mol. The number of carbonyl (C=O) groups excluding carboxylic acids is 1. The van der Waals surface area contributed by atoms with Crippen LogP contribution < -0.4 is 5.73 Å². The van der Waals surface area contributed by atoms with Crippen LogP contribution in [0.4, 0.5) is 4.39 Å². The van der Waals surface area contributed by atoms with Crippen molar-refractivity contribution in [2.24, 2.45) is 5.73 Å². The number of halogens is 1. The number of hydrogen-bond acceptors (Lipinski definition) is 4. The molecule has 2 aromatic heterocycles. The maximum absolute atomic E-state index is 13.2. The molecule has 26 heavy (non-hydrogen) atoms. The molecule has 1 amide bonds. The summed E-state index contributed by atoms with van der Waals surface area (Å²) in [5, 5.41) is 4.62. The van der Waals surface area contributed by atoms with E-state index in [2.05, 4.69) is 15.1 Å². The molecule has 6 nitrogen and oxygen atoms in total. The van der Waals surface area contributed by atoms with Crippen molar-refractivity contribution < 1.29 is 9.18 Å². The Morgan fingerprint density at radius 3 is 2.69 bits per heavy atom. The van der Waals surface area contributed by atoms with E-state index in [1.807, 2.05) is 6.92 Å². The zero-order valence-electron chi connectivity index (χ0n) is 14.4. The van der Waals surface area contributed by atoms with Crippen LogP contribution in [0.3, 0.4) is 0 Å². The van der Waals surface area contributed by atoms with Crippen molar-refractivity contribution in [3.05, 3.63) is 53.1 Å². The van der Waals surface area contributed by atoms with E-state index >= 15 is 0 Å². The number of nitrogens with two attached hydrogens (primary N) is 1. The van der Waals surface area contributed by atoms with E-state index in [1.165, 1.54) is 12.1 Å². The van der Waals surface area contributed by atoms with E-state index < -0.39 is 5.91 Å². The van der Waals surface area contributed by atoms with Crippen LogP contribution in [0.25, 0.3) is 22.8 Å². The number of carbonyl (C=O) groups is 1. The first-order valence-corrected chi connectivity index (χ1v) is 8.60. The Hall–Kier alpha value is -3.09. The van der Waals surface area contributed by atoms with Gasteiger partial charge in [0.05, 0.1) is 5.69 Å². The number of hydrogen-bond donors (Lipinski definition) is 1. The van der Waals surface area contributed by atoms with Gasteiger partial charge in [0.1, 0.15) is 17.2 Å². The molecule has 7 heteroatoms. The molecule has 0 unspecified atom stereocenters. The highest BCUT2D eigenvalue weighted by atomic mass is 19.1. The van der Waals surface area contributed by atoms with Gasteiger partial charge >= 0.3 is 0 Å². The SMILES string of the molecule is CCCn1nc2c(c1C(N)=O)CCc1cnc(-c3ccc(F)cc3)nc1-2. The van der Waals surface area contributed by atoms with Gasteiger partial charge in [-0.1, -0.05) is 6.92 Å². The molecule has 1 aliphatic rings. The first-order valence-electron chi connectivity index (χ1n) is 8.60. The van der Waals surface area contributed by atoms with Crippen LogP contribution in [-0.2, 0) is 19.4 Å². The summed E-state index contributed by atoms with van der Waals surface area (Å²) >= 11 is 0. The van der Waals surface area contributed by atoms with Crippen molar-refractivity contribution in [2.75, 3.05) is 0 Å². The Bertz CT molecular complexity index is 994. The van der Waals surface area contributed by atoms with Gasteiger partial charge in [0.25, 0.3) is 5.91 Å². The lowest BCUT2D eigenvalue weighted by atomic mass is 9.93. The van der Waals surface area contributed by atoms with Gasteiger partial charge in [-0.15, -0.1) is 0 Å². The maximum atomic E-state index is 13.2. The van der Waals surface area contributed by atoms with Crippen LogP contribution in [0.1, 0.15) is 35.0 Å². The maximum Gasteiger partial charge on any atom is 0.267 e. The van der Waals surface area contributed by atoms with Gasteiger partial charge in [0, 0.05) is 23.9 Å². The van der Waals surface area contributed by atoms with Crippen molar-refractivity contribution in [3.63, 3.8) is 0 Å². The summed E-state index contributed by atoms with van der Waals surface area (Å²) in [6, 6.07) is 6.05. The third kappa shape index (κ3) is 2.65. The van der Waals surface area contributed by atoms with Crippen molar-refractivity contribution >= 4 is 5.91 Å². The van der Waals surface area contributed by atoms with E-state index in [-0.39, 0.29) is 5.82 Å². The molecule has 4 rings (SSSR count). The summed E-state index contributed by atoms with van der Waals surface area (Å²) in [7, 11) is 0. The number of amides is 1. The Balaban J connectivity index is 1.86. The smallest absolute Gasteiger partial charge is 0.267 e. The molecular weight excluding hydrogens is 333 g/mol. The third-order valence-corrected chi connectivity index (χ3v) is 4.55. The second-order valence-electron chi connectivity index (χ2n) is 6.34. The number of benzene rings is 1. The van der Waals surface area contributed by atoms with Gasteiger partial charge in [0.2, 0.25) is 0 Å².